The zero-order valence-electron chi connectivity index (χ0n) is 11.9. The van der Waals surface area contributed by atoms with Gasteiger partial charge in [0.05, 0.1) is 12.8 Å². The summed E-state index contributed by atoms with van der Waals surface area (Å²) in [5, 5.41) is -3.72. The van der Waals surface area contributed by atoms with Gasteiger partial charge in [0.2, 0.25) is 0 Å². The SMILES string of the molecule is COc1ccccc1NC(=O)C(F)(F)S(=O)(=O)c1ccccn1. The molecule has 0 radical (unpaired) electrons. The largest absolute Gasteiger partial charge is 0.495 e. The first-order valence-corrected chi connectivity index (χ1v) is 7.77. The smallest absolute Gasteiger partial charge is 0.427 e. The summed E-state index contributed by atoms with van der Waals surface area (Å²) in [7, 11) is -3.99. The molecule has 0 fully saturated rings. The molecule has 0 saturated heterocycles. The van der Waals surface area contributed by atoms with Gasteiger partial charge < -0.3 is 10.1 Å². The molecule has 0 aliphatic heterocycles. The van der Waals surface area contributed by atoms with Gasteiger partial charge in [-0.2, -0.15) is 8.78 Å². The average Bonchev–Trinajstić information content (AvgIpc) is 2.55. The first-order valence-electron chi connectivity index (χ1n) is 6.28. The normalized spacial score (nSPS) is 11.8. The number of hydrogen-bond acceptors (Lipinski definition) is 5. The third kappa shape index (κ3) is 3.14. The summed E-state index contributed by atoms with van der Waals surface area (Å²) in [6.07, 6.45) is 1.04. The Bertz CT molecular complexity index is 811. The fourth-order valence-corrected chi connectivity index (χ4v) is 2.72. The lowest BCUT2D eigenvalue weighted by atomic mass is 10.3. The predicted octanol–water partition coefficient (Wildman–Crippen LogP) is 2.10. The van der Waals surface area contributed by atoms with Crippen LogP contribution < -0.4 is 10.1 Å². The number of rotatable bonds is 5. The van der Waals surface area contributed by atoms with E-state index in [1.165, 1.54) is 37.4 Å². The quantitative estimate of drug-likeness (QED) is 0.899. The van der Waals surface area contributed by atoms with Gasteiger partial charge in [-0.05, 0) is 24.3 Å². The summed E-state index contributed by atoms with van der Waals surface area (Å²) in [6.45, 7) is 0. The fraction of sp³-hybridized carbons (Fsp3) is 0.143. The molecule has 0 saturated carbocycles. The number of nitrogens with zero attached hydrogens (tertiary/aromatic N) is 1. The Hall–Kier alpha value is -2.55. The third-order valence-electron chi connectivity index (χ3n) is 2.87. The molecule has 0 bridgehead atoms. The first-order chi connectivity index (χ1) is 10.8. The highest BCUT2D eigenvalue weighted by Crippen LogP contribution is 2.31. The van der Waals surface area contributed by atoms with E-state index in [1.54, 1.807) is 6.07 Å². The van der Waals surface area contributed by atoms with E-state index in [-0.39, 0.29) is 11.4 Å². The lowest BCUT2D eigenvalue weighted by Crippen LogP contribution is -2.42. The van der Waals surface area contributed by atoms with E-state index in [2.05, 4.69) is 4.98 Å². The minimum absolute atomic E-state index is 0.0732. The highest BCUT2D eigenvalue weighted by atomic mass is 32.2. The first kappa shape index (κ1) is 16.8. The van der Waals surface area contributed by atoms with Crippen molar-refractivity contribution in [2.75, 3.05) is 12.4 Å². The molecule has 122 valence electrons. The van der Waals surface area contributed by atoms with E-state index in [4.69, 9.17) is 4.74 Å². The Morgan fingerprint density at radius 3 is 2.43 bits per heavy atom. The molecule has 1 amide bonds. The standard InChI is InChI=1S/C14H12F2N2O4S/c1-22-11-7-3-2-6-10(11)18-13(19)14(15,16)23(20,21)12-8-4-5-9-17-12/h2-9H,1H3,(H,18,19). The van der Waals surface area contributed by atoms with Crippen molar-refractivity contribution in [1.82, 2.24) is 4.98 Å². The number of carbonyl (C=O) groups is 1. The second-order valence-corrected chi connectivity index (χ2v) is 6.28. The molecule has 1 N–H and O–H groups in total. The molecule has 2 aromatic rings. The van der Waals surface area contributed by atoms with Crippen molar-refractivity contribution in [3.8, 4) is 5.75 Å². The summed E-state index contributed by atoms with van der Waals surface area (Å²) in [6, 6.07) is 9.27. The van der Waals surface area contributed by atoms with Gasteiger partial charge in [-0.15, -0.1) is 0 Å². The molecule has 0 atom stereocenters. The number of ether oxygens (including phenoxy) is 1. The number of methoxy groups -OCH3 is 1. The number of pyridine rings is 1. The van der Waals surface area contributed by atoms with Crippen molar-refractivity contribution in [2.24, 2.45) is 0 Å². The van der Waals surface area contributed by atoms with Gasteiger partial charge in [-0.25, -0.2) is 13.4 Å². The lowest BCUT2D eigenvalue weighted by Gasteiger charge is -2.17. The van der Waals surface area contributed by atoms with Crippen molar-refractivity contribution in [1.29, 1.82) is 0 Å². The van der Waals surface area contributed by atoms with Gasteiger partial charge in [0.1, 0.15) is 5.75 Å². The second-order valence-electron chi connectivity index (χ2n) is 4.34. The number of hydrogen-bond donors (Lipinski definition) is 1. The van der Waals surface area contributed by atoms with Crippen LogP contribution >= 0.6 is 0 Å². The molecule has 0 unspecified atom stereocenters. The van der Waals surface area contributed by atoms with Crippen molar-refractivity contribution < 1.29 is 26.7 Å². The number of amides is 1. The Morgan fingerprint density at radius 2 is 1.83 bits per heavy atom. The molecule has 2 rings (SSSR count). The maximum atomic E-state index is 14.1. The van der Waals surface area contributed by atoms with Crippen LogP contribution in [0.15, 0.2) is 53.7 Å². The van der Waals surface area contributed by atoms with Crippen LogP contribution in [0.25, 0.3) is 0 Å². The van der Waals surface area contributed by atoms with Crippen molar-refractivity contribution in [2.45, 2.75) is 10.3 Å². The van der Waals surface area contributed by atoms with E-state index < -0.39 is 26.0 Å². The van der Waals surface area contributed by atoms with Crippen LogP contribution in [0.2, 0.25) is 0 Å². The molecule has 6 nitrogen and oxygen atoms in total. The van der Waals surface area contributed by atoms with Crippen molar-refractivity contribution in [3.63, 3.8) is 0 Å². The summed E-state index contributed by atoms with van der Waals surface area (Å²) in [5.74, 6) is -1.88. The van der Waals surface area contributed by atoms with Gasteiger partial charge in [-0.3, -0.25) is 4.79 Å². The van der Waals surface area contributed by atoms with E-state index >= 15 is 0 Å². The molecule has 1 aromatic carbocycles. The van der Waals surface area contributed by atoms with E-state index in [9.17, 15) is 22.0 Å². The second kappa shape index (κ2) is 6.29. The number of nitrogens with one attached hydrogen (secondary N) is 1. The van der Waals surface area contributed by atoms with Crippen molar-refractivity contribution >= 4 is 21.4 Å². The van der Waals surface area contributed by atoms with Crippen LogP contribution in [-0.2, 0) is 14.6 Å². The zero-order chi connectivity index (χ0) is 17.1. The molecule has 0 spiro atoms. The van der Waals surface area contributed by atoms with Gasteiger partial charge in [0, 0.05) is 6.20 Å². The number of para-hydroxylation sites is 2. The molecule has 0 aliphatic carbocycles. The number of carbonyl (C=O) groups excluding carboxylic acids is 1. The van der Waals surface area contributed by atoms with E-state index in [1.807, 2.05) is 5.32 Å². The number of halogens is 2. The monoisotopic (exact) mass is 342 g/mol. The zero-order valence-corrected chi connectivity index (χ0v) is 12.7. The minimum Gasteiger partial charge on any atom is -0.495 e. The Balaban J connectivity index is 2.34. The summed E-state index contributed by atoms with van der Waals surface area (Å²) < 4.78 is 57.0. The van der Waals surface area contributed by atoms with Crippen LogP contribution in [0.3, 0.4) is 0 Å². The van der Waals surface area contributed by atoms with Crippen LogP contribution in [0.5, 0.6) is 5.75 Å². The third-order valence-corrected chi connectivity index (χ3v) is 4.52. The van der Waals surface area contributed by atoms with Gasteiger partial charge >= 0.3 is 11.2 Å². The number of anilines is 1. The number of benzene rings is 1. The molecule has 0 aliphatic rings. The maximum Gasteiger partial charge on any atom is 0.427 e. The van der Waals surface area contributed by atoms with Crippen LogP contribution in [0.1, 0.15) is 0 Å². The Kier molecular flexibility index (Phi) is 4.60. The highest BCUT2D eigenvalue weighted by Gasteiger charge is 2.54. The van der Waals surface area contributed by atoms with Gasteiger partial charge in [0.15, 0.2) is 5.03 Å². The molecule has 9 heteroatoms. The summed E-state index contributed by atoms with van der Waals surface area (Å²) in [5.41, 5.74) is -0.0732. The van der Waals surface area contributed by atoms with Crippen LogP contribution in [0, 0.1) is 0 Å². The van der Waals surface area contributed by atoms with Gasteiger partial charge in [-0.1, -0.05) is 18.2 Å². The topological polar surface area (TPSA) is 85.4 Å². The molecule has 1 aromatic heterocycles. The van der Waals surface area contributed by atoms with Crippen LogP contribution in [-0.4, -0.2) is 31.7 Å². The van der Waals surface area contributed by atoms with Gasteiger partial charge in [0.25, 0.3) is 9.84 Å². The average molecular weight is 342 g/mol. The molecular formula is C14H12F2N2O4S. The van der Waals surface area contributed by atoms with Crippen LogP contribution in [0.4, 0.5) is 14.5 Å². The molecule has 1 heterocycles. The number of aromatic nitrogens is 1. The predicted molar refractivity (Wildman–Crippen MR) is 78.0 cm³/mol. The highest BCUT2D eigenvalue weighted by molar-refractivity contribution is 7.93. The maximum absolute atomic E-state index is 14.1. The molecular weight excluding hydrogens is 330 g/mol. The summed E-state index contributed by atoms with van der Waals surface area (Å²) in [4.78, 5) is 15.2. The fourth-order valence-electron chi connectivity index (χ4n) is 1.70. The lowest BCUT2D eigenvalue weighted by molar-refractivity contribution is -0.130. The van der Waals surface area contributed by atoms with E-state index in [0.29, 0.717) is 0 Å². The van der Waals surface area contributed by atoms with E-state index in [0.717, 1.165) is 12.3 Å². The number of alkyl halides is 2. The summed E-state index contributed by atoms with van der Waals surface area (Å²) >= 11 is 0. The molecule has 23 heavy (non-hydrogen) atoms. The Labute approximate surface area is 131 Å². The minimum atomic E-state index is -5.27. The van der Waals surface area contributed by atoms with Crippen molar-refractivity contribution in [3.05, 3.63) is 48.7 Å². The number of sulfone groups is 1. The Morgan fingerprint density at radius 1 is 1.17 bits per heavy atom.